The average molecular weight is 411 g/mol. The molecule has 0 saturated carbocycles. The van der Waals surface area contributed by atoms with Crippen LogP contribution in [0.2, 0.25) is 0 Å². The molecule has 1 saturated heterocycles. The number of aryl methyl sites for hydroxylation is 1. The Hall–Kier alpha value is -1.87. The van der Waals surface area contributed by atoms with Crippen molar-refractivity contribution in [2.24, 2.45) is 5.92 Å². The molecule has 0 amide bonds. The van der Waals surface area contributed by atoms with Gasteiger partial charge in [0.25, 0.3) is 0 Å². The zero-order valence-electron chi connectivity index (χ0n) is 15.7. The van der Waals surface area contributed by atoms with E-state index in [1.165, 1.54) is 35.4 Å². The Balaban J connectivity index is 1.44. The smallest absolute Gasteiger partial charge is 0.249 e. The molecule has 2 N–H and O–H groups in total. The first-order valence-corrected chi connectivity index (χ1v) is 11.6. The van der Waals surface area contributed by atoms with Gasteiger partial charge in [0.2, 0.25) is 5.95 Å². The van der Waals surface area contributed by atoms with Gasteiger partial charge in [0, 0.05) is 16.2 Å². The molecule has 3 aliphatic rings. The number of rotatable bonds is 3. The molecular weight excluding hydrogens is 388 g/mol. The van der Waals surface area contributed by atoms with Crippen molar-refractivity contribution in [3.8, 4) is 5.00 Å². The first-order chi connectivity index (χ1) is 13.8. The second-order valence-electron chi connectivity index (χ2n) is 7.77. The summed E-state index contributed by atoms with van der Waals surface area (Å²) < 4.78 is 2.27. The van der Waals surface area contributed by atoms with Crippen LogP contribution in [-0.4, -0.2) is 21.4 Å². The van der Waals surface area contributed by atoms with Gasteiger partial charge >= 0.3 is 0 Å². The molecule has 2 atom stereocenters. The monoisotopic (exact) mass is 410 g/mol. The molecule has 8 heteroatoms. The predicted octanol–water partition coefficient (Wildman–Crippen LogP) is 3.63. The lowest BCUT2D eigenvalue weighted by Crippen LogP contribution is -2.39. The summed E-state index contributed by atoms with van der Waals surface area (Å²) >= 11 is 3.71. The number of thioether (sulfide) groups is 1. The van der Waals surface area contributed by atoms with Gasteiger partial charge in [-0.2, -0.15) is 0 Å². The second kappa shape index (κ2) is 6.59. The van der Waals surface area contributed by atoms with E-state index in [0.717, 1.165) is 29.4 Å². The fraction of sp³-hybridized carbons (Fsp3) is 0.400. The van der Waals surface area contributed by atoms with Crippen LogP contribution < -0.4 is 15.8 Å². The molecule has 0 radical (unpaired) electrons. The van der Waals surface area contributed by atoms with Crippen LogP contribution in [0.4, 0.5) is 5.95 Å². The first-order valence-electron chi connectivity index (χ1n) is 9.82. The molecule has 28 heavy (non-hydrogen) atoms. The average Bonchev–Trinajstić information content (AvgIpc) is 3.42. The molecule has 1 fully saturated rings. The van der Waals surface area contributed by atoms with Crippen LogP contribution >= 0.6 is 23.1 Å². The van der Waals surface area contributed by atoms with Crippen LogP contribution in [0.1, 0.15) is 41.1 Å². The summed E-state index contributed by atoms with van der Waals surface area (Å²) in [6.07, 6.45) is 3.82. The van der Waals surface area contributed by atoms with Gasteiger partial charge in [0.15, 0.2) is 5.16 Å². The third-order valence-electron chi connectivity index (χ3n) is 5.85. The van der Waals surface area contributed by atoms with Crippen molar-refractivity contribution in [3.63, 3.8) is 0 Å². The number of nitrogens with zero attached hydrogens (tertiary/aromatic N) is 4. The Morgan fingerprint density at radius 1 is 1.25 bits per heavy atom. The van der Waals surface area contributed by atoms with Gasteiger partial charge in [-0.3, -0.25) is 10.3 Å². The van der Waals surface area contributed by atoms with Crippen molar-refractivity contribution < 1.29 is 0 Å². The minimum Gasteiger partial charge on any atom is -0.278 e. The van der Waals surface area contributed by atoms with E-state index in [4.69, 9.17) is 0 Å². The van der Waals surface area contributed by atoms with E-state index in [-0.39, 0.29) is 6.17 Å². The fourth-order valence-corrected chi connectivity index (χ4v) is 6.77. The molecule has 0 bridgehead atoms. The number of aromatic nitrogens is 3. The highest BCUT2D eigenvalue weighted by Gasteiger charge is 2.42. The van der Waals surface area contributed by atoms with Crippen LogP contribution in [0.5, 0.6) is 0 Å². The Labute approximate surface area is 172 Å². The van der Waals surface area contributed by atoms with Gasteiger partial charge in [0.1, 0.15) is 11.2 Å². The summed E-state index contributed by atoms with van der Waals surface area (Å²) in [5.74, 6) is 2.54. The van der Waals surface area contributed by atoms with Gasteiger partial charge in [-0.05, 0) is 36.3 Å². The van der Waals surface area contributed by atoms with Crippen molar-refractivity contribution in [3.05, 3.63) is 51.9 Å². The lowest BCUT2D eigenvalue weighted by molar-refractivity contribution is 0.495. The summed E-state index contributed by atoms with van der Waals surface area (Å²) in [4.78, 5) is 1.55. The van der Waals surface area contributed by atoms with Crippen molar-refractivity contribution in [2.45, 2.75) is 43.3 Å². The van der Waals surface area contributed by atoms with Crippen LogP contribution in [0.25, 0.3) is 5.00 Å². The van der Waals surface area contributed by atoms with E-state index in [0.29, 0.717) is 0 Å². The minimum atomic E-state index is 0.156. The molecule has 2 aromatic heterocycles. The van der Waals surface area contributed by atoms with Crippen molar-refractivity contribution >= 4 is 29.0 Å². The second-order valence-corrected chi connectivity index (χ2v) is 9.80. The van der Waals surface area contributed by atoms with Crippen LogP contribution in [0, 0.1) is 5.92 Å². The van der Waals surface area contributed by atoms with Crippen molar-refractivity contribution in [1.82, 2.24) is 25.5 Å². The molecule has 1 aliphatic carbocycles. The molecule has 6 rings (SSSR count). The largest absolute Gasteiger partial charge is 0.278 e. The number of anilines is 1. The number of benzene rings is 1. The van der Waals surface area contributed by atoms with Crippen LogP contribution in [0.15, 0.2) is 35.5 Å². The maximum atomic E-state index is 4.57. The normalized spacial score (nSPS) is 22.5. The summed E-state index contributed by atoms with van der Waals surface area (Å²) in [6, 6.07) is 10.6. The molecule has 3 aromatic rings. The van der Waals surface area contributed by atoms with Crippen molar-refractivity contribution in [2.75, 3.05) is 11.7 Å². The highest BCUT2D eigenvalue weighted by molar-refractivity contribution is 7.98. The van der Waals surface area contributed by atoms with E-state index < -0.39 is 0 Å². The molecule has 1 unspecified atom stereocenters. The minimum absolute atomic E-state index is 0.156. The summed E-state index contributed by atoms with van der Waals surface area (Å²) in [7, 11) is 0. The van der Waals surface area contributed by atoms with Gasteiger partial charge in [-0.1, -0.05) is 49.0 Å². The van der Waals surface area contributed by atoms with Crippen LogP contribution in [0.3, 0.4) is 0 Å². The fourth-order valence-electron chi connectivity index (χ4n) is 4.45. The molecule has 2 aliphatic heterocycles. The van der Waals surface area contributed by atoms with Crippen molar-refractivity contribution in [1.29, 1.82) is 0 Å². The summed E-state index contributed by atoms with van der Waals surface area (Å²) in [5, 5.41) is 17.2. The highest BCUT2D eigenvalue weighted by atomic mass is 32.2. The van der Waals surface area contributed by atoms with E-state index in [9.17, 15) is 0 Å². The van der Waals surface area contributed by atoms with Gasteiger partial charge in [-0.25, -0.2) is 9.99 Å². The zero-order chi connectivity index (χ0) is 18.7. The quantitative estimate of drug-likeness (QED) is 0.643. The van der Waals surface area contributed by atoms with Crippen LogP contribution in [-0.2, 0) is 18.6 Å². The number of hydrazine groups is 1. The topological polar surface area (TPSA) is 58.0 Å². The first kappa shape index (κ1) is 17.0. The van der Waals surface area contributed by atoms with Gasteiger partial charge < -0.3 is 0 Å². The Kier molecular flexibility index (Phi) is 4.01. The maximum Gasteiger partial charge on any atom is 0.249 e. The SMILES string of the molecule is C[C@H]1CCc2sc3c(c2C1)C1NCNN1c1nnc(SCc2ccccc2)n1-3. The molecule has 1 aromatic carbocycles. The number of hydrogen-bond acceptors (Lipinski definition) is 7. The standard InChI is InChI=1S/C20H22N6S2/c1-12-7-8-15-14(9-12)16-17-21-11-22-26(17)19-23-24-20(25(19)18(16)28-15)27-10-13-5-3-2-4-6-13/h2-6,12,17,21-22H,7-11H2,1H3/t12-,17?/m0/s1. The predicted molar refractivity (Wildman–Crippen MR) is 113 cm³/mol. The lowest BCUT2D eigenvalue weighted by atomic mass is 9.87. The molecule has 4 heterocycles. The Morgan fingerprint density at radius 3 is 3.04 bits per heavy atom. The molecule has 6 nitrogen and oxygen atoms in total. The van der Waals surface area contributed by atoms with Gasteiger partial charge in [0.05, 0.1) is 6.67 Å². The van der Waals surface area contributed by atoms with E-state index >= 15 is 0 Å². The lowest BCUT2D eigenvalue weighted by Gasteiger charge is -2.31. The Bertz CT molecular complexity index is 1030. The Morgan fingerprint density at radius 2 is 2.14 bits per heavy atom. The third kappa shape index (κ3) is 2.55. The van der Waals surface area contributed by atoms with E-state index in [1.807, 2.05) is 11.3 Å². The van der Waals surface area contributed by atoms with E-state index in [2.05, 4.69) is 67.8 Å². The number of hydrogen-bond donors (Lipinski definition) is 2. The van der Waals surface area contributed by atoms with E-state index in [1.54, 1.807) is 22.2 Å². The number of thiophene rings is 1. The van der Waals surface area contributed by atoms with Gasteiger partial charge in [-0.15, -0.1) is 21.5 Å². The molecule has 144 valence electrons. The summed E-state index contributed by atoms with van der Waals surface area (Å²) in [6.45, 7) is 3.13. The molecule has 0 spiro atoms. The highest BCUT2D eigenvalue weighted by Crippen LogP contribution is 2.48. The molecular formula is C20H22N6S2. The number of fused-ring (bicyclic) bond motifs is 8. The third-order valence-corrected chi connectivity index (χ3v) is 8.14. The zero-order valence-corrected chi connectivity index (χ0v) is 17.3. The summed E-state index contributed by atoms with van der Waals surface area (Å²) in [5.41, 5.74) is 7.74. The number of nitrogens with one attached hydrogen (secondary N) is 2. The maximum absolute atomic E-state index is 4.57.